The molecule has 9 heteroatoms. The van der Waals surface area contributed by atoms with Crippen LogP contribution in [0, 0.1) is 23.1 Å². The molecule has 1 atom stereocenters. The molecule has 0 aliphatic heterocycles. The Morgan fingerprint density at radius 1 is 1.48 bits per heavy atom. The van der Waals surface area contributed by atoms with Crippen LogP contribution in [0.1, 0.15) is 12.5 Å². The molecule has 1 aromatic carbocycles. The number of aromatic nitrogens is 2. The number of nitriles is 1. The third-order valence-corrected chi connectivity index (χ3v) is 3.49. The molecule has 0 aliphatic carbocycles. The van der Waals surface area contributed by atoms with E-state index in [4.69, 9.17) is 10.4 Å². The fraction of sp³-hybridized carbons (Fsp3) is 0.250. The normalized spacial score (nSPS) is 11.4. The second-order valence-corrected chi connectivity index (χ2v) is 5.44. The first kappa shape index (κ1) is 17.9. The van der Waals surface area contributed by atoms with Crippen molar-refractivity contribution in [2.24, 2.45) is 5.92 Å². The summed E-state index contributed by atoms with van der Waals surface area (Å²) in [5.74, 6) is -2.19. The van der Waals surface area contributed by atoms with Gasteiger partial charge in [0.2, 0.25) is 0 Å². The van der Waals surface area contributed by atoms with Crippen molar-refractivity contribution in [3.63, 3.8) is 0 Å². The molecule has 1 unspecified atom stereocenters. The molecule has 25 heavy (non-hydrogen) atoms. The molecule has 0 radical (unpaired) electrons. The Kier molecular flexibility index (Phi) is 5.34. The van der Waals surface area contributed by atoms with E-state index in [-0.39, 0.29) is 23.6 Å². The molecule has 0 bridgehead atoms. The Hall–Kier alpha value is -3.41. The molecule has 2 aromatic rings. The fourth-order valence-corrected chi connectivity index (χ4v) is 2.12. The predicted molar refractivity (Wildman–Crippen MR) is 86.7 cm³/mol. The van der Waals surface area contributed by atoms with Crippen LogP contribution in [-0.2, 0) is 4.79 Å². The summed E-state index contributed by atoms with van der Waals surface area (Å²) in [4.78, 5) is 24.1. The lowest BCUT2D eigenvalue weighted by atomic mass is 10.2. The van der Waals surface area contributed by atoms with Crippen molar-refractivity contribution < 1.29 is 19.1 Å². The summed E-state index contributed by atoms with van der Waals surface area (Å²) in [6.45, 7) is 1.53. The summed E-state index contributed by atoms with van der Waals surface area (Å²) >= 11 is 0. The van der Waals surface area contributed by atoms with E-state index in [0.717, 1.165) is 0 Å². The third-order valence-electron chi connectivity index (χ3n) is 3.49. The van der Waals surface area contributed by atoms with Crippen molar-refractivity contribution in [2.75, 3.05) is 18.9 Å². The number of hydrogen-bond acceptors (Lipinski definition) is 4. The van der Waals surface area contributed by atoms with E-state index < -0.39 is 23.7 Å². The lowest BCUT2D eigenvalue weighted by Gasteiger charge is -2.19. The van der Waals surface area contributed by atoms with E-state index in [9.17, 15) is 14.0 Å². The zero-order chi connectivity index (χ0) is 18.6. The highest BCUT2D eigenvalue weighted by Crippen LogP contribution is 2.18. The van der Waals surface area contributed by atoms with Gasteiger partial charge in [0.05, 0.1) is 11.6 Å². The van der Waals surface area contributed by atoms with Crippen molar-refractivity contribution >= 4 is 17.8 Å². The number of anilines is 1. The topological polar surface area (TPSA) is 111 Å². The molecule has 2 N–H and O–H groups in total. The molecule has 8 nitrogen and oxygen atoms in total. The third kappa shape index (κ3) is 4.11. The summed E-state index contributed by atoms with van der Waals surface area (Å²) < 4.78 is 14.9. The first-order chi connectivity index (χ1) is 11.8. The van der Waals surface area contributed by atoms with Crippen LogP contribution in [0.2, 0.25) is 0 Å². The summed E-state index contributed by atoms with van der Waals surface area (Å²) in [5.41, 5.74) is 0.0896. The van der Waals surface area contributed by atoms with Gasteiger partial charge >= 0.3 is 12.0 Å². The number of aliphatic carboxylic acids is 1. The van der Waals surface area contributed by atoms with Gasteiger partial charge in [0, 0.05) is 25.9 Å². The molecule has 0 aliphatic rings. The van der Waals surface area contributed by atoms with Gasteiger partial charge in [0.1, 0.15) is 17.4 Å². The van der Waals surface area contributed by atoms with Gasteiger partial charge < -0.3 is 10.0 Å². The minimum absolute atomic E-state index is 0.0321. The highest BCUT2D eigenvalue weighted by molar-refractivity contribution is 5.88. The molecule has 2 amide bonds. The number of halogens is 1. The lowest BCUT2D eigenvalue weighted by Crippen LogP contribution is -2.36. The van der Waals surface area contributed by atoms with Crippen LogP contribution in [0.4, 0.5) is 15.0 Å². The average Bonchev–Trinajstić information content (AvgIpc) is 3.02. The number of carboxylic acids is 1. The second kappa shape index (κ2) is 7.44. The van der Waals surface area contributed by atoms with Crippen LogP contribution in [0.3, 0.4) is 0 Å². The van der Waals surface area contributed by atoms with E-state index >= 15 is 0 Å². The maximum atomic E-state index is 13.7. The fourth-order valence-electron chi connectivity index (χ4n) is 2.12. The summed E-state index contributed by atoms with van der Waals surface area (Å²) in [5, 5.41) is 24.5. The first-order valence-electron chi connectivity index (χ1n) is 7.33. The van der Waals surface area contributed by atoms with Crippen molar-refractivity contribution in [1.82, 2.24) is 14.7 Å². The zero-order valence-electron chi connectivity index (χ0n) is 13.6. The standard InChI is InChI=1S/C16H16FN5O3/c1-10(15(23)24)9-21(2)16(25)19-14-6-7-22(20-14)13-5-3-4-12(17)11(13)8-18/h3-7,10H,9H2,1-2H3,(H,23,24)(H,19,20,25). The quantitative estimate of drug-likeness (QED) is 0.862. The number of nitrogens with zero attached hydrogens (tertiary/aromatic N) is 4. The van der Waals surface area contributed by atoms with Crippen LogP contribution in [0.5, 0.6) is 0 Å². The minimum atomic E-state index is -1.00. The number of amides is 2. The van der Waals surface area contributed by atoms with Gasteiger partial charge in [-0.25, -0.2) is 13.9 Å². The molecule has 0 saturated carbocycles. The van der Waals surface area contributed by atoms with Crippen LogP contribution in [0.15, 0.2) is 30.5 Å². The van der Waals surface area contributed by atoms with Gasteiger partial charge in [0.15, 0.2) is 5.82 Å². The Bertz CT molecular complexity index is 843. The van der Waals surface area contributed by atoms with Crippen LogP contribution >= 0.6 is 0 Å². The van der Waals surface area contributed by atoms with Crippen LogP contribution in [-0.4, -0.2) is 45.4 Å². The Morgan fingerprint density at radius 3 is 2.84 bits per heavy atom. The number of rotatable bonds is 5. The average molecular weight is 345 g/mol. The Balaban J connectivity index is 2.12. The summed E-state index contributed by atoms with van der Waals surface area (Å²) in [7, 11) is 1.46. The smallest absolute Gasteiger partial charge is 0.322 e. The van der Waals surface area contributed by atoms with Gasteiger partial charge in [-0.3, -0.25) is 10.1 Å². The van der Waals surface area contributed by atoms with E-state index in [2.05, 4.69) is 10.4 Å². The van der Waals surface area contributed by atoms with Crippen molar-refractivity contribution in [3.05, 3.63) is 41.8 Å². The van der Waals surface area contributed by atoms with E-state index in [0.29, 0.717) is 0 Å². The molecule has 2 rings (SSSR count). The Labute approximate surface area is 143 Å². The van der Waals surface area contributed by atoms with Crippen molar-refractivity contribution in [3.8, 4) is 11.8 Å². The monoisotopic (exact) mass is 345 g/mol. The minimum Gasteiger partial charge on any atom is -0.481 e. The number of benzene rings is 1. The second-order valence-electron chi connectivity index (χ2n) is 5.44. The molecule has 0 fully saturated rings. The van der Waals surface area contributed by atoms with Crippen molar-refractivity contribution in [2.45, 2.75) is 6.92 Å². The highest BCUT2D eigenvalue weighted by atomic mass is 19.1. The number of nitrogens with one attached hydrogen (secondary N) is 1. The predicted octanol–water partition coefficient (Wildman–Crippen LogP) is 2.07. The number of carbonyl (C=O) groups is 2. The lowest BCUT2D eigenvalue weighted by molar-refractivity contribution is -0.141. The molecule has 130 valence electrons. The first-order valence-corrected chi connectivity index (χ1v) is 7.33. The number of carboxylic acid groups (broad SMARTS) is 1. The maximum absolute atomic E-state index is 13.7. The maximum Gasteiger partial charge on any atom is 0.322 e. The largest absolute Gasteiger partial charge is 0.481 e. The number of hydrogen-bond donors (Lipinski definition) is 2. The van der Waals surface area contributed by atoms with Gasteiger partial charge in [-0.2, -0.15) is 5.26 Å². The molecular weight excluding hydrogens is 329 g/mol. The van der Waals surface area contributed by atoms with Crippen molar-refractivity contribution in [1.29, 1.82) is 5.26 Å². The molecule has 1 aromatic heterocycles. The number of urea groups is 1. The van der Waals surface area contributed by atoms with Gasteiger partial charge in [-0.05, 0) is 12.1 Å². The van der Waals surface area contributed by atoms with Gasteiger partial charge in [-0.15, -0.1) is 5.10 Å². The van der Waals surface area contributed by atoms with Gasteiger partial charge in [0.25, 0.3) is 0 Å². The highest BCUT2D eigenvalue weighted by Gasteiger charge is 2.18. The van der Waals surface area contributed by atoms with E-state index in [1.807, 2.05) is 0 Å². The zero-order valence-corrected chi connectivity index (χ0v) is 13.6. The number of carbonyl (C=O) groups excluding carboxylic acids is 1. The SMILES string of the molecule is CC(CN(C)C(=O)Nc1ccn(-c2cccc(F)c2C#N)n1)C(=O)O. The molecular formula is C16H16FN5O3. The Morgan fingerprint density at radius 2 is 2.20 bits per heavy atom. The van der Waals surface area contributed by atoms with Crippen LogP contribution in [0.25, 0.3) is 5.69 Å². The summed E-state index contributed by atoms with van der Waals surface area (Å²) in [6.07, 6.45) is 1.48. The molecule has 1 heterocycles. The summed E-state index contributed by atoms with van der Waals surface area (Å²) in [6, 6.07) is 6.88. The molecule has 0 saturated heterocycles. The molecule has 0 spiro atoms. The van der Waals surface area contributed by atoms with E-state index in [1.165, 1.54) is 54.0 Å². The van der Waals surface area contributed by atoms with E-state index in [1.54, 1.807) is 6.07 Å². The van der Waals surface area contributed by atoms with Gasteiger partial charge in [-0.1, -0.05) is 13.0 Å². The van der Waals surface area contributed by atoms with Crippen LogP contribution < -0.4 is 5.32 Å².